The van der Waals surface area contributed by atoms with E-state index in [9.17, 15) is 5.11 Å². The van der Waals surface area contributed by atoms with Crippen LogP contribution in [-0.2, 0) is 0 Å². The highest BCUT2D eigenvalue weighted by Crippen LogP contribution is 2.42. The average molecular weight is 388 g/mol. The van der Waals surface area contributed by atoms with Crippen molar-refractivity contribution in [3.05, 3.63) is 84.4 Å². The Morgan fingerprint density at radius 1 is 0.893 bits per heavy atom. The Kier molecular flexibility index (Phi) is 5.13. The van der Waals surface area contributed by atoms with E-state index in [-0.39, 0.29) is 5.75 Å². The zero-order valence-electron chi connectivity index (χ0n) is 15.8. The minimum atomic E-state index is 0.248. The molecule has 3 nitrogen and oxygen atoms in total. The lowest BCUT2D eigenvalue weighted by atomic mass is 9.94. The van der Waals surface area contributed by atoms with Crippen LogP contribution in [0.5, 0.6) is 17.2 Å². The van der Waals surface area contributed by atoms with Crippen LogP contribution in [0.15, 0.2) is 78.9 Å². The van der Waals surface area contributed by atoms with Gasteiger partial charge in [-0.3, -0.25) is 0 Å². The van der Waals surface area contributed by atoms with E-state index < -0.39 is 0 Å². The molecule has 4 aromatic carbocycles. The molecule has 0 atom stereocenters. The first kappa shape index (κ1) is 18.3. The van der Waals surface area contributed by atoms with Gasteiger partial charge in [-0.25, -0.2) is 0 Å². The second-order valence-corrected chi connectivity index (χ2v) is 7.21. The smallest absolute Gasteiger partial charge is 0.143 e. The molecule has 0 aromatic heterocycles. The number of rotatable bonds is 5. The standard InChI is InChI=1S/C24H21NO2S/c1-16-14-18-15-20(26)10-13-22(18)24(23(16)17-6-4-3-5-7-17)27-21-11-8-19(9-12-21)25-28-2/h3-15,25-26H,1-2H3. The number of ether oxygens (including phenoxy) is 1. The maximum atomic E-state index is 9.92. The van der Waals surface area contributed by atoms with Gasteiger partial charge in [0.15, 0.2) is 0 Å². The summed E-state index contributed by atoms with van der Waals surface area (Å²) in [5.41, 5.74) is 4.29. The molecule has 28 heavy (non-hydrogen) atoms. The monoisotopic (exact) mass is 387 g/mol. The topological polar surface area (TPSA) is 41.5 Å². The molecule has 0 heterocycles. The summed E-state index contributed by atoms with van der Waals surface area (Å²) in [6.45, 7) is 2.07. The number of benzene rings is 4. The van der Waals surface area contributed by atoms with Gasteiger partial charge in [0.2, 0.25) is 0 Å². The molecule has 0 aliphatic carbocycles. The van der Waals surface area contributed by atoms with Gasteiger partial charge in [-0.1, -0.05) is 48.3 Å². The van der Waals surface area contributed by atoms with Gasteiger partial charge >= 0.3 is 0 Å². The Hall–Kier alpha value is -3.11. The van der Waals surface area contributed by atoms with Crippen LogP contribution < -0.4 is 9.46 Å². The van der Waals surface area contributed by atoms with Crippen LogP contribution in [0.1, 0.15) is 5.56 Å². The van der Waals surface area contributed by atoms with E-state index in [4.69, 9.17) is 4.74 Å². The largest absolute Gasteiger partial charge is 0.508 e. The number of phenolic OH excluding ortho intramolecular Hbond substituents is 1. The Labute approximate surface area is 169 Å². The summed E-state index contributed by atoms with van der Waals surface area (Å²) in [5.74, 6) is 1.81. The summed E-state index contributed by atoms with van der Waals surface area (Å²) in [6.07, 6.45) is 1.99. The fourth-order valence-electron chi connectivity index (χ4n) is 3.39. The number of nitrogens with one attached hydrogen (secondary N) is 1. The summed E-state index contributed by atoms with van der Waals surface area (Å²) < 4.78 is 9.63. The molecule has 4 heteroatoms. The lowest BCUT2D eigenvalue weighted by Gasteiger charge is -2.18. The predicted octanol–water partition coefficient (Wildman–Crippen LogP) is 7.00. The second kappa shape index (κ2) is 7.87. The number of phenols is 1. The number of aryl methyl sites for hydroxylation is 1. The lowest BCUT2D eigenvalue weighted by molar-refractivity contribution is 0.475. The normalized spacial score (nSPS) is 10.8. The van der Waals surface area contributed by atoms with Crippen LogP contribution in [0, 0.1) is 6.92 Å². The van der Waals surface area contributed by atoms with Crippen molar-refractivity contribution < 1.29 is 9.84 Å². The molecule has 0 saturated heterocycles. The van der Waals surface area contributed by atoms with E-state index in [0.29, 0.717) is 0 Å². The minimum absolute atomic E-state index is 0.248. The van der Waals surface area contributed by atoms with Gasteiger partial charge in [-0.15, -0.1) is 0 Å². The first-order valence-electron chi connectivity index (χ1n) is 9.04. The molecule has 4 rings (SSSR count). The Morgan fingerprint density at radius 3 is 2.36 bits per heavy atom. The first-order valence-corrected chi connectivity index (χ1v) is 10.3. The Bertz CT molecular complexity index is 1110. The van der Waals surface area contributed by atoms with Gasteiger partial charge in [0.05, 0.1) is 0 Å². The molecule has 0 amide bonds. The highest BCUT2D eigenvalue weighted by Gasteiger charge is 2.16. The molecule has 0 aliphatic rings. The molecule has 0 bridgehead atoms. The van der Waals surface area contributed by atoms with E-state index in [0.717, 1.165) is 44.6 Å². The zero-order chi connectivity index (χ0) is 19.5. The molecule has 0 spiro atoms. The molecular weight excluding hydrogens is 366 g/mol. The van der Waals surface area contributed by atoms with E-state index in [1.807, 2.05) is 54.8 Å². The Balaban J connectivity index is 1.88. The third-order valence-electron chi connectivity index (χ3n) is 4.63. The maximum absolute atomic E-state index is 9.92. The van der Waals surface area contributed by atoms with Gasteiger partial charge in [0, 0.05) is 22.9 Å². The number of aromatic hydroxyl groups is 1. The SMILES string of the molecule is CSNc1ccc(Oc2c(-c3ccccc3)c(C)cc3cc(O)ccc23)cc1. The summed E-state index contributed by atoms with van der Waals surface area (Å²) in [6, 6.07) is 25.6. The molecule has 140 valence electrons. The summed E-state index contributed by atoms with van der Waals surface area (Å²) >= 11 is 1.55. The van der Waals surface area contributed by atoms with Crippen molar-refractivity contribution in [2.45, 2.75) is 6.92 Å². The summed E-state index contributed by atoms with van der Waals surface area (Å²) in [5, 5.41) is 11.8. The third-order valence-corrected chi connectivity index (χ3v) is 5.07. The molecule has 4 aromatic rings. The predicted molar refractivity (Wildman–Crippen MR) is 119 cm³/mol. The highest BCUT2D eigenvalue weighted by molar-refractivity contribution is 7.99. The van der Waals surface area contributed by atoms with Gasteiger partial charge < -0.3 is 14.6 Å². The fourth-order valence-corrected chi connectivity index (χ4v) is 3.76. The van der Waals surface area contributed by atoms with Crippen molar-refractivity contribution >= 4 is 28.4 Å². The van der Waals surface area contributed by atoms with Crippen LogP contribution in [-0.4, -0.2) is 11.4 Å². The van der Waals surface area contributed by atoms with E-state index in [1.54, 1.807) is 24.1 Å². The van der Waals surface area contributed by atoms with Gasteiger partial charge in [0.25, 0.3) is 0 Å². The lowest BCUT2D eigenvalue weighted by Crippen LogP contribution is -1.94. The Morgan fingerprint density at radius 2 is 1.64 bits per heavy atom. The molecule has 0 saturated carbocycles. The quantitative estimate of drug-likeness (QED) is 0.362. The van der Waals surface area contributed by atoms with Crippen molar-refractivity contribution in [3.63, 3.8) is 0 Å². The maximum Gasteiger partial charge on any atom is 0.143 e. The third kappa shape index (κ3) is 3.64. The highest BCUT2D eigenvalue weighted by atomic mass is 32.2. The van der Waals surface area contributed by atoms with Crippen LogP contribution >= 0.6 is 11.9 Å². The van der Waals surface area contributed by atoms with E-state index in [2.05, 4.69) is 29.8 Å². The van der Waals surface area contributed by atoms with E-state index >= 15 is 0 Å². The van der Waals surface area contributed by atoms with Crippen molar-refractivity contribution in [1.82, 2.24) is 0 Å². The minimum Gasteiger partial charge on any atom is -0.508 e. The molecule has 0 unspecified atom stereocenters. The summed E-state index contributed by atoms with van der Waals surface area (Å²) in [4.78, 5) is 0. The zero-order valence-corrected chi connectivity index (χ0v) is 16.6. The van der Waals surface area contributed by atoms with Crippen molar-refractivity contribution in [2.75, 3.05) is 11.0 Å². The molecular formula is C24H21NO2S. The van der Waals surface area contributed by atoms with Gasteiger partial charge in [-0.2, -0.15) is 0 Å². The molecule has 0 fully saturated rings. The average Bonchev–Trinajstić information content (AvgIpc) is 2.70. The number of fused-ring (bicyclic) bond motifs is 1. The summed E-state index contributed by atoms with van der Waals surface area (Å²) in [7, 11) is 0. The number of hydrogen-bond donors (Lipinski definition) is 2. The molecule has 2 N–H and O–H groups in total. The van der Waals surface area contributed by atoms with Crippen LogP contribution in [0.4, 0.5) is 5.69 Å². The second-order valence-electron chi connectivity index (χ2n) is 6.60. The number of anilines is 1. The fraction of sp³-hybridized carbons (Fsp3) is 0.0833. The van der Waals surface area contributed by atoms with Gasteiger partial charge in [0.1, 0.15) is 17.2 Å². The molecule has 0 aliphatic heterocycles. The van der Waals surface area contributed by atoms with Crippen molar-refractivity contribution in [2.24, 2.45) is 0 Å². The van der Waals surface area contributed by atoms with Crippen LogP contribution in [0.25, 0.3) is 21.9 Å². The number of hydrogen-bond acceptors (Lipinski definition) is 4. The van der Waals surface area contributed by atoms with Gasteiger partial charge in [-0.05, 0) is 65.9 Å². The van der Waals surface area contributed by atoms with E-state index in [1.165, 1.54) is 0 Å². The van der Waals surface area contributed by atoms with Crippen molar-refractivity contribution in [1.29, 1.82) is 0 Å². The van der Waals surface area contributed by atoms with Crippen LogP contribution in [0.2, 0.25) is 0 Å². The first-order chi connectivity index (χ1) is 13.7. The molecule has 0 radical (unpaired) electrons. The van der Waals surface area contributed by atoms with Crippen LogP contribution in [0.3, 0.4) is 0 Å². The van der Waals surface area contributed by atoms with Crippen molar-refractivity contribution in [3.8, 4) is 28.4 Å².